The average molecular weight is 370 g/mol. The fourth-order valence-corrected chi connectivity index (χ4v) is 3.48. The molecule has 6 nitrogen and oxygen atoms in total. The van der Waals surface area contributed by atoms with Crippen LogP contribution in [-0.2, 0) is 11.3 Å². The second kappa shape index (κ2) is 8.50. The first kappa shape index (κ1) is 18.8. The predicted octanol–water partition coefficient (Wildman–Crippen LogP) is 1.74. The molecule has 2 heterocycles. The first-order valence-corrected chi connectivity index (χ1v) is 8.70. The molecule has 0 bridgehead atoms. The van der Waals surface area contributed by atoms with Crippen LogP contribution in [0, 0.1) is 0 Å². The van der Waals surface area contributed by atoms with Crippen LogP contribution < -0.4 is 5.32 Å². The molecule has 0 atom stereocenters. The third-order valence-corrected chi connectivity index (χ3v) is 4.84. The van der Waals surface area contributed by atoms with Gasteiger partial charge in [-0.15, -0.1) is 12.4 Å². The summed E-state index contributed by atoms with van der Waals surface area (Å²) in [5, 5.41) is 3.06. The summed E-state index contributed by atoms with van der Waals surface area (Å²) in [6, 6.07) is 7.21. The standard InChI is InChI=1S/C16H19N3O3S.ClH/c20-14-11-23-16(22)19(14)10-12-3-1-4-13(9-12)15(21)18-7-2-5-17-6-8-18;/h1,3-4,9,17H,2,5-8,10-11H2;1H. The number of carbonyl (C=O) groups is 3. The van der Waals surface area contributed by atoms with Gasteiger partial charge in [-0.2, -0.15) is 0 Å². The van der Waals surface area contributed by atoms with Crippen molar-refractivity contribution in [2.24, 2.45) is 0 Å². The van der Waals surface area contributed by atoms with Crippen molar-refractivity contribution < 1.29 is 14.4 Å². The molecule has 3 amide bonds. The van der Waals surface area contributed by atoms with Crippen molar-refractivity contribution in [2.75, 3.05) is 31.9 Å². The summed E-state index contributed by atoms with van der Waals surface area (Å²) < 4.78 is 0. The van der Waals surface area contributed by atoms with Gasteiger partial charge in [0, 0.05) is 25.2 Å². The zero-order valence-corrected chi connectivity index (χ0v) is 14.8. The molecule has 2 saturated heterocycles. The van der Waals surface area contributed by atoms with E-state index in [1.807, 2.05) is 11.0 Å². The van der Waals surface area contributed by atoms with E-state index < -0.39 is 0 Å². The fraction of sp³-hybridized carbons (Fsp3) is 0.438. The van der Waals surface area contributed by atoms with E-state index in [2.05, 4.69) is 5.32 Å². The Labute approximate surface area is 151 Å². The topological polar surface area (TPSA) is 69.7 Å². The number of nitrogens with one attached hydrogen (secondary N) is 1. The molecule has 2 fully saturated rings. The highest BCUT2D eigenvalue weighted by molar-refractivity contribution is 8.14. The fourth-order valence-electron chi connectivity index (χ4n) is 2.75. The van der Waals surface area contributed by atoms with E-state index in [1.54, 1.807) is 18.2 Å². The molecule has 1 aromatic carbocycles. The van der Waals surface area contributed by atoms with Gasteiger partial charge in [0.15, 0.2) is 0 Å². The lowest BCUT2D eigenvalue weighted by atomic mass is 10.1. The van der Waals surface area contributed by atoms with E-state index in [1.165, 1.54) is 4.90 Å². The lowest BCUT2D eigenvalue weighted by molar-refractivity contribution is -0.125. The smallest absolute Gasteiger partial charge is 0.289 e. The highest BCUT2D eigenvalue weighted by Crippen LogP contribution is 2.21. The SMILES string of the molecule is Cl.O=C(c1cccc(CN2C(=O)CSC2=O)c1)N1CCCNCC1. The zero-order chi connectivity index (χ0) is 16.2. The van der Waals surface area contributed by atoms with Gasteiger partial charge < -0.3 is 10.2 Å². The van der Waals surface area contributed by atoms with Gasteiger partial charge in [0.05, 0.1) is 12.3 Å². The molecule has 24 heavy (non-hydrogen) atoms. The van der Waals surface area contributed by atoms with E-state index in [4.69, 9.17) is 0 Å². The number of imide groups is 1. The summed E-state index contributed by atoms with van der Waals surface area (Å²) >= 11 is 1.02. The Kier molecular flexibility index (Phi) is 6.65. The molecule has 0 aromatic heterocycles. The number of hydrogen-bond donors (Lipinski definition) is 1. The first-order valence-electron chi connectivity index (χ1n) is 7.71. The third kappa shape index (κ3) is 4.28. The average Bonchev–Trinajstić information content (AvgIpc) is 2.78. The summed E-state index contributed by atoms with van der Waals surface area (Å²) in [5.41, 5.74) is 1.41. The molecule has 2 aliphatic rings. The summed E-state index contributed by atoms with van der Waals surface area (Å²) in [6.45, 7) is 3.41. The second-order valence-corrected chi connectivity index (χ2v) is 6.56. The van der Waals surface area contributed by atoms with Crippen LogP contribution in [0.15, 0.2) is 24.3 Å². The van der Waals surface area contributed by atoms with Gasteiger partial charge in [0.25, 0.3) is 11.1 Å². The Morgan fingerprint density at radius 3 is 2.79 bits per heavy atom. The van der Waals surface area contributed by atoms with Crippen molar-refractivity contribution in [2.45, 2.75) is 13.0 Å². The van der Waals surface area contributed by atoms with Gasteiger partial charge in [-0.05, 0) is 30.7 Å². The van der Waals surface area contributed by atoms with Gasteiger partial charge in [-0.1, -0.05) is 23.9 Å². The van der Waals surface area contributed by atoms with E-state index >= 15 is 0 Å². The maximum atomic E-state index is 12.6. The van der Waals surface area contributed by atoms with Crippen LogP contribution in [0.1, 0.15) is 22.3 Å². The van der Waals surface area contributed by atoms with Gasteiger partial charge in [-0.3, -0.25) is 19.3 Å². The van der Waals surface area contributed by atoms with Crippen molar-refractivity contribution in [1.82, 2.24) is 15.1 Å². The van der Waals surface area contributed by atoms with Crippen molar-refractivity contribution in [3.63, 3.8) is 0 Å². The zero-order valence-electron chi connectivity index (χ0n) is 13.2. The Morgan fingerprint density at radius 2 is 2.04 bits per heavy atom. The van der Waals surface area contributed by atoms with Crippen molar-refractivity contribution >= 4 is 41.2 Å². The molecule has 0 unspecified atom stereocenters. The van der Waals surface area contributed by atoms with Gasteiger partial charge in [0.2, 0.25) is 5.91 Å². The summed E-state index contributed by atoms with van der Waals surface area (Å²) in [6.07, 6.45) is 0.944. The quantitative estimate of drug-likeness (QED) is 0.878. The Bertz CT molecular complexity index is 617. The maximum Gasteiger partial charge on any atom is 0.289 e. The number of halogens is 1. The first-order chi connectivity index (χ1) is 11.1. The highest BCUT2D eigenvalue weighted by atomic mass is 35.5. The van der Waals surface area contributed by atoms with Crippen molar-refractivity contribution in [1.29, 1.82) is 0 Å². The molecule has 1 aromatic rings. The third-order valence-electron chi connectivity index (χ3n) is 3.98. The van der Waals surface area contributed by atoms with Crippen LogP contribution in [-0.4, -0.2) is 58.8 Å². The monoisotopic (exact) mass is 369 g/mol. The Balaban J connectivity index is 0.00000208. The van der Waals surface area contributed by atoms with Crippen molar-refractivity contribution in [3.05, 3.63) is 35.4 Å². The van der Waals surface area contributed by atoms with Crippen LogP contribution in [0.4, 0.5) is 4.79 Å². The largest absolute Gasteiger partial charge is 0.337 e. The van der Waals surface area contributed by atoms with E-state index in [-0.39, 0.29) is 41.8 Å². The number of benzene rings is 1. The normalized spacial score (nSPS) is 18.3. The van der Waals surface area contributed by atoms with Crippen LogP contribution in [0.25, 0.3) is 0 Å². The number of nitrogens with zero attached hydrogens (tertiary/aromatic N) is 2. The van der Waals surface area contributed by atoms with E-state index in [0.717, 1.165) is 43.4 Å². The molecule has 3 rings (SSSR count). The molecule has 130 valence electrons. The predicted molar refractivity (Wildman–Crippen MR) is 95.5 cm³/mol. The molecule has 8 heteroatoms. The Morgan fingerprint density at radius 1 is 1.21 bits per heavy atom. The van der Waals surface area contributed by atoms with Crippen LogP contribution in [0.3, 0.4) is 0 Å². The molecular formula is C16H20ClN3O3S. The minimum Gasteiger partial charge on any atom is -0.337 e. The van der Waals surface area contributed by atoms with Crippen molar-refractivity contribution in [3.8, 4) is 0 Å². The molecule has 0 aliphatic carbocycles. The van der Waals surface area contributed by atoms with Gasteiger partial charge >= 0.3 is 0 Å². The summed E-state index contributed by atoms with van der Waals surface area (Å²) in [5.74, 6) is 0.0393. The van der Waals surface area contributed by atoms with E-state index in [0.29, 0.717) is 12.1 Å². The lowest BCUT2D eigenvalue weighted by Gasteiger charge is -2.20. The molecule has 2 aliphatic heterocycles. The molecule has 0 saturated carbocycles. The number of hydrogen-bond acceptors (Lipinski definition) is 5. The number of rotatable bonds is 3. The number of thioether (sulfide) groups is 1. The van der Waals surface area contributed by atoms with Gasteiger partial charge in [0.1, 0.15) is 0 Å². The summed E-state index contributed by atoms with van der Waals surface area (Å²) in [4.78, 5) is 39.1. The van der Waals surface area contributed by atoms with Crippen LogP contribution >= 0.6 is 24.2 Å². The summed E-state index contributed by atoms with van der Waals surface area (Å²) in [7, 11) is 0. The number of carbonyl (C=O) groups excluding carboxylic acids is 3. The lowest BCUT2D eigenvalue weighted by Crippen LogP contribution is -2.34. The molecule has 0 radical (unpaired) electrons. The highest BCUT2D eigenvalue weighted by Gasteiger charge is 2.29. The van der Waals surface area contributed by atoms with Gasteiger partial charge in [-0.25, -0.2) is 0 Å². The minimum atomic E-state index is -0.217. The van der Waals surface area contributed by atoms with Crippen LogP contribution in [0.2, 0.25) is 0 Å². The molecule has 0 spiro atoms. The van der Waals surface area contributed by atoms with Crippen LogP contribution in [0.5, 0.6) is 0 Å². The van der Waals surface area contributed by atoms with E-state index in [9.17, 15) is 14.4 Å². The molecule has 1 N–H and O–H groups in total. The minimum absolute atomic E-state index is 0. The Hall–Kier alpha value is -1.57. The molecular weight excluding hydrogens is 350 g/mol. The number of amides is 3. The maximum absolute atomic E-state index is 12.6. The second-order valence-electron chi connectivity index (χ2n) is 5.63.